The molecule has 0 heterocycles. The molecule has 0 saturated heterocycles. The highest BCUT2D eigenvalue weighted by Gasteiger charge is 2.30. The third kappa shape index (κ3) is 4.83. The fourth-order valence-corrected chi connectivity index (χ4v) is 1.68. The van der Waals surface area contributed by atoms with Gasteiger partial charge in [0.25, 0.3) is 0 Å². The average molecular weight is 267 g/mol. The molecule has 0 aliphatic carbocycles. The quantitative estimate of drug-likeness (QED) is 0.847. The molecule has 0 radical (unpaired) electrons. The van der Waals surface area contributed by atoms with Crippen LogP contribution in [0.1, 0.15) is 12.5 Å². The lowest BCUT2D eigenvalue weighted by atomic mass is 10.1. The minimum atomic E-state index is -4.21. The summed E-state index contributed by atoms with van der Waals surface area (Å²) in [5, 5.41) is 0.470. The number of halogens is 4. The summed E-state index contributed by atoms with van der Waals surface area (Å²) in [7, 11) is 0. The summed E-state index contributed by atoms with van der Waals surface area (Å²) in [6.45, 7) is 1.16. The summed E-state index contributed by atoms with van der Waals surface area (Å²) in [5.74, 6) is 0. The molecule has 0 aromatic heterocycles. The number of anilines is 1. The van der Waals surface area contributed by atoms with Crippen molar-refractivity contribution in [3.63, 3.8) is 0 Å². The molecule has 0 spiro atoms. The van der Waals surface area contributed by atoms with Gasteiger partial charge in [-0.15, -0.1) is 0 Å². The van der Waals surface area contributed by atoms with Crippen LogP contribution in [0.15, 0.2) is 18.2 Å². The van der Waals surface area contributed by atoms with Crippen molar-refractivity contribution in [3.05, 3.63) is 28.8 Å². The second kappa shape index (κ2) is 5.60. The molecule has 17 heavy (non-hydrogen) atoms. The third-order valence-corrected chi connectivity index (χ3v) is 2.58. The summed E-state index contributed by atoms with van der Waals surface area (Å²) in [6.07, 6.45) is -4.21. The third-order valence-electron chi connectivity index (χ3n) is 2.35. The van der Waals surface area contributed by atoms with Crippen molar-refractivity contribution >= 4 is 17.3 Å². The Bertz CT molecular complexity index is 379. The van der Waals surface area contributed by atoms with Crippen molar-refractivity contribution in [2.24, 2.45) is 0 Å². The van der Waals surface area contributed by atoms with Crippen LogP contribution in [0.2, 0.25) is 5.02 Å². The number of rotatable bonds is 4. The normalized spacial score (nSPS) is 12.1. The van der Waals surface area contributed by atoms with Crippen molar-refractivity contribution < 1.29 is 13.2 Å². The Morgan fingerprint density at radius 1 is 1.35 bits per heavy atom. The zero-order valence-corrected chi connectivity index (χ0v) is 10.1. The minimum Gasteiger partial charge on any atom is -0.398 e. The summed E-state index contributed by atoms with van der Waals surface area (Å²) in [6, 6.07) is 4.80. The van der Waals surface area contributed by atoms with E-state index in [1.54, 1.807) is 25.1 Å². The van der Waals surface area contributed by atoms with Crippen LogP contribution in [0.3, 0.4) is 0 Å². The lowest BCUT2D eigenvalue weighted by Crippen LogP contribution is -2.33. The first kappa shape index (κ1) is 14.1. The summed E-state index contributed by atoms with van der Waals surface area (Å²) in [4.78, 5) is 1.27. The molecule has 0 amide bonds. The average Bonchev–Trinajstić information content (AvgIpc) is 2.20. The van der Waals surface area contributed by atoms with Crippen LogP contribution in [-0.4, -0.2) is 24.2 Å². The number of hydrogen-bond donors (Lipinski definition) is 1. The van der Waals surface area contributed by atoms with E-state index in [4.69, 9.17) is 17.3 Å². The van der Waals surface area contributed by atoms with Crippen LogP contribution in [0, 0.1) is 0 Å². The Hall–Kier alpha value is -0.940. The maximum absolute atomic E-state index is 12.3. The molecule has 0 atom stereocenters. The van der Waals surface area contributed by atoms with Gasteiger partial charge in [0, 0.05) is 17.3 Å². The van der Waals surface area contributed by atoms with Crippen molar-refractivity contribution in [1.82, 2.24) is 4.90 Å². The predicted molar refractivity (Wildman–Crippen MR) is 62.9 cm³/mol. The number of alkyl halides is 3. The predicted octanol–water partition coefficient (Wildman–Crippen LogP) is 3.31. The highest BCUT2D eigenvalue weighted by Crippen LogP contribution is 2.22. The first-order valence-electron chi connectivity index (χ1n) is 5.15. The molecule has 0 unspecified atom stereocenters. The first-order valence-corrected chi connectivity index (χ1v) is 5.52. The van der Waals surface area contributed by atoms with E-state index < -0.39 is 12.7 Å². The molecule has 0 aliphatic rings. The molecule has 2 N–H and O–H groups in total. The molecule has 96 valence electrons. The second-order valence-electron chi connectivity index (χ2n) is 3.76. The van der Waals surface area contributed by atoms with Crippen molar-refractivity contribution in [3.8, 4) is 0 Å². The van der Waals surface area contributed by atoms with E-state index in [0.29, 0.717) is 22.8 Å². The fraction of sp³-hybridized carbons (Fsp3) is 0.455. The molecule has 0 fully saturated rings. The first-order chi connectivity index (χ1) is 7.81. The smallest absolute Gasteiger partial charge is 0.398 e. The standard InChI is InChI=1S/C11H14ClF3N2/c1-2-17(7-11(13,14)15)6-8-5-9(12)3-4-10(8)16/h3-5H,2,6-7,16H2,1H3. The largest absolute Gasteiger partial charge is 0.401 e. The highest BCUT2D eigenvalue weighted by atomic mass is 35.5. The zero-order valence-electron chi connectivity index (χ0n) is 9.39. The van der Waals surface area contributed by atoms with Crippen LogP contribution in [0.4, 0.5) is 18.9 Å². The molecule has 1 rings (SSSR count). The van der Waals surface area contributed by atoms with Gasteiger partial charge in [-0.05, 0) is 30.3 Å². The van der Waals surface area contributed by atoms with Crippen LogP contribution < -0.4 is 5.73 Å². The molecule has 1 aromatic rings. The van der Waals surface area contributed by atoms with Crippen LogP contribution in [-0.2, 0) is 6.54 Å². The lowest BCUT2D eigenvalue weighted by Gasteiger charge is -2.22. The van der Waals surface area contributed by atoms with Gasteiger partial charge >= 0.3 is 6.18 Å². The summed E-state index contributed by atoms with van der Waals surface area (Å²) >= 11 is 5.78. The Balaban J connectivity index is 2.77. The van der Waals surface area contributed by atoms with E-state index in [9.17, 15) is 13.2 Å². The SMILES string of the molecule is CCN(Cc1cc(Cl)ccc1N)CC(F)(F)F. The van der Waals surface area contributed by atoms with Gasteiger partial charge in [0.05, 0.1) is 6.54 Å². The van der Waals surface area contributed by atoms with Crippen LogP contribution in [0.25, 0.3) is 0 Å². The summed E-state index contributed by atoms with van der Waals surface area (Å²) in [5.41, 5.74) is 6.76. The van der Waals surface area contributed by atoms with E-state index in [0.717, 1.165) is 0 Å². The van der Waals surface area contributed by atoms with Crippen LogP contribution in [0.5, 0.6) is 0 Å². The van der Waals surface area contributed by atoms with E-state index in [1.807, 2.05) is 0 Å². The Kier molecular flexibility index (Phi) is 4.65. The van der Waals surface area contributed by atoms with Crippen molar-refractivity contribution in [2.75, 3.05) is 18.8 Å². The van der Waals surface area contributed by atoms with Gasteiger partial charge in [-0.1, -0.05) is 18.5 Å². The van der Waals surface area contributed by atoms with E-state index >= 15 is 0 Å². The van der Waals surface area contributed by atoms with Gasteiger partial charge in [-0.2, -0.15) is 13.2 Å². The van der Waals surface area contributed by atoms with Gasteiger partial charge in [-0.3, -0.25) is 4.90 Å². The minimum absolute atomic E-state index is 0.141. The van der Waals surface area contributed by atoms with Gasteiger partial charge in [0.1, 0.15) is 0 Å². The molecule has 2 nitrogen and oxygen atoms in total. The second-order valence-corrected chi connectivity index (χ2v) is 4.20. The van der Waals surface area contributed by atoms with E-state index in [2.05, 4.69) is 0 Å². The fourth-order valence-electron chi connectivity index (χ4n) is 1.49. The Morgan fingerprint density at radius 2 is 2.00 bits per heavy atom. The molecule has 0 bridgehead atoms. The lowest BCUT2D eigenvalue weighted by molar-refractivity contribution is -0.146. The number of nitrogen functional groups attached to an aromatic ring is 1. The monoisotopic (exact) mass is 266 g/mol. The topological polar surface area (TPSA) is 29.3 Å². The molecule has 0 saturated carbocycles. The van der Waals surface area contributed by atoms with E-state index in [1.165, 1.54) is 4.90 Å². The van der Waals surface area contributed by atoms with Crippen molar-refractivity contribution in [2.45, 2.75) is 19.6 Å². The Labute approximate surface area is 103 Å². The zero-order chi connectivity index (χ0) is 13.1. The molecule has 0 aliphatic heterocycles. The Morgan fingerprint density at radius 3 is 2.53 bits per heavy atom. The molecule has 6 heteroatoms. The van der Waals surface area contributed by atoms with Gasteiger partial charge < -0.3 is 5.73 Å². The maximum Gasteiger partial charge on any atom is 0.401 e. The van der Waals surface area contributed by atoms with E-state index in [-0.39, 0.29) is 6.54 Å². The van der Waals surface area contributed by atoms with Gasteiger partial charge in [-0.25, -0.2) is 0 Å². The summed E-state index contributed by atoms with van der Waals surface area (Å²) < 4.78 is 36.8. The molecular formula is C11H14ClF3N2. The molecular weight excluding hydrogens is 253 g/mol. The number of nitrogens with two attached hydrogens (primary N) is 1. The number of hydrogen-bond acceptors (Lipinski definition) is 2. The highest BCUT2D eigenvalue weighted by molar-refractivity contribution is 6.30. The van der Waals surface area contributed by atoms with Gasteiger partial charge in [0.2, 0.25) is 0 Å². The van der Waals surface area contributed by atoms with Crippen molar-refractivity contribution in [1.29, 1.82) is 0 Å². The van der Waals surface area contributed by atoms with Gasteiger partial charge in [0.15, 0.2) is 0 Å². The molecule has 1 aromatic carbocycles. The van der Waals surface area contributed by atoms with Crippen LogP contribution >= 0.6 is 11.6 Å². The maximum atomic E-state index is 12.3. The number of nitrogens with zero attached hydrogens (tertiary/aromatic N) is 1. The number of benzene rings is 1.